The third-order valence-electron chi connectivity index (χ3n) is 3.66. The Labute approximate surface area is 145 Å². The normalized spacial score (nSPS) is 10.2. The van der Waals surface area contributed by atoms with E-state index in [-0.39, 0.29) is 17.2 Å². The molecular weight excluding hydrogens is 324 g/mol. The molecule has 0 heterocycles. The molecule has 0 spiro atoms. The second kappa shape index (κ2) is 8.14. The Kier molecular flexibility index (Phi) is 5.94. The molecule has 1 amide bonds. The zero-order chi connectivity index (χ0) is 18.4. The molecule has 0 bridgehead atoms. The number of nitro benzene ring substituents is 1. The van der Waals surface area contributed by atoms with E-state index in [9.17, 15) is 14.9 Å². The van der Waals surface area contributed by atoms with Crippen LogP contribution in [0.5, 0.6) is 11.5 Å². The van der Waals surface area contributed by atoms with E-state index in [1.54, 1.807) is 7.05 Å². The molecule has 132 valence electrons. The topological polar surface area (TPSA) is 81.9 Å². The average molecular weight is 344 g/mol. The van der Waals surface area contributed by atoms with Crippen LogP contribution in [0.1, 0.15) is 15.9 Å². The SMILES string of the molecule is COc1ccc([N+](=O)[O-])cc1C(=O)N(C)CCOc1cccc(C)c1. The van der Waals surface area contributed by atoms with Crippen molar-refractivity contribution in [3.05, 3.63) is 63.7 Å². The molecule has 0 saturated heterocycles. The van der Waals surface area contributed by atoms with E-state index in [0.717, 1.165) is 11.3 Å². The van der Waals surface area contributed by atoms with Gasteiger partial charge < -0.3 is 14.4 Å². The molecule has 2 rings (SSSR count). The summed E-state index contributed by atoms with van der Waals surface area (Å²) in [5, 5.41) is 10.9. The summed E-state index contributed by atoms with van der Waals surface area (Å²) >= 11 is 0. The van der Waals surface area contributed by atoms with Crippen molar-refractivity contribution in [3.8, 4) is 11.5 Å². The first kappa shape index (κ1) is 18.3. The lowest BCUT2D eigenvalue weighted by atomic mass is 10.1. The number of nitrogens with zero attached hydrogens (tertiary/aromatic N) is 2. The Hall–Kier alpha value is -3.09. The van der Waals surface area contributed by atoms with Gasteiger partial charge in [0.1, 0.15) is 18.1 Å². The number of carbonyl (C=O) groups is 1. The molecule has 0 radical (unpaired) electrons. The third kappa shape index (κ3) is 4.69. The maximum atomic E-state index is 12.6. The fraction of sp³-hybridized carbons (Fsp3) is 0.278. The number of methoxy groups -OCH3 is 1. The van der Waals surface area contributed by atoms with Crippen molar-refractivity contribution in [2.75, 3.05) is 27.3 Å². The molecule has 0 aliphatic carbocycles. The van der Waals surface area contributed by atoms with Gasteiger partial charge in [-0.15, -0.1) is 0 Å². The first-order valence-corrected chi connectivity index (χ1v) is 7.69. The highest BCUT2D eigenvalue weighted by Crippen LogP contribution is 2.25. The number of amides is 1. The van der Waals surface area contributed by atoms with Crippen molar-refractivity contribution in [3.63, 3.8) is 0 Å². The summed E-state index contributed by atoms with van der Waals surface area (Å²) in [6, 6.07) is 11.6. The summed E-state index contributed by atoms with van der Waals surface area (Å²) in [6.45, 7) is 2.61. The van der Waals surface area contributed by atoms with Crippen LogP contribution in [0, 0.1) is 17.0 Å². The quantitative estimate of drug-likeness (QED) is 0.569. The molecule has 0 unspecified atom stereocenters. The molecular formula is C18H20N2O5. The van der Waals surface area contributed by atoms with E-state index in [2.05, 4.69) is 0 Å². The average Bonchev–Trinajstić information content (AvgIpc) is 2.60. The highest BCUT2D eigenvalue weighted by molar-refractivity contribution is 5.97. The van der Waals surface area contributed by atoms with Gasteiger partial charge in [0.2, 0.25) is 0 Å². The minimum atomic E-state index is -0.545. The fourth-order valence-electron chi connectivity index (χ4n) is 2.29. The zero-order valence-electron chi connectivity index (χ0n) is 14.4. The molecule has 2 aromatic carbocycles. The molecule has 7 nitrogen and oxygen atoms in total. The molecule has 0 atom stereocenters. The predicted octanol–water partition coefficient (Wildman–Crippen LogP) is 3.06. The summed E-state index contributed by atoms with van der Waals surface area (Å²) in [5.41, 5.74) is 1.08. The third-order valence-corrected chi connectivity index (χ3v) is 3.66. The standard InChI is InChI=1S/C18H20N2O5/c1-13-5-4-6-15(11-13)25-10-9-19(2)18(21)16-12-14(20(22)23)7-8-17(16)24-3/h4-8,11-12H,9-10H2,1-3H3. The highest BCUT2D eigenvalue weighted by atomic mass is 16.6. The van der Waals surface area contributed by atoms with Gasteiger partial charge in [-0.3, -0.25) is 14.9 Å². The molecule has 2 aromatic rings. The van der Waals surface area contributed by atoms with Crippen molar-refractivity contribution in [1.29, 1.82) is 0 Å². The van der Waals surface area contributed by atoms with Gasteiger partial charge >= 0.3 is 0 Å². The summed E-state index contributed by atoms with van der Waals surface area (Å²) in [7, 11) is 3.03. The molecule has 0 fully saturated rings. The number of aryl methyl sites for hydroxylation is 1. The second-order valence-electron chi connectivity index (χ2n) is 5.53. The van der Waals surface area contributed by atoms with E-state index in [0.29, 0.717) is 18.9 Å². The van der Waals surface area contributed by atoms with Gasteiger partial charge in [-0.1, -0.05) is 12.1 Å². The number of non-ortho nitro benzene ring substituents is 1. The maximum Gasteiger partial charge on any atom is 0.270 e. The molecule has 0 aliphatic heterocycles. The Morgan fingerprint density at radius 3 is 2.64 bits per heavy atom. The van der Waals surface area contributed by atoms with Gasteiger partial charge in [0.25, 0.3) is 11.6 Å². The molecule has 0 N–H and O–H groups in total. The Morgan fingerprint density at radius 2 is 2.00 bits per heavy atom. The van der Waals surface area contributed by atoms with Gasteiger partial charge in [-0.2, -0.15) is 0 Å². The number of benzene rings is 2. The number of hydrogen-bond donors (Lipinski definition) is 0. The van der Waals surface area contributed by atoms with E-state index in [1.807, 2.05) is 31.2 Å². The minimum Gasteiger partial charge on any atom is -0.496 e. The number of ether oxygens (including phenoxy) is 2. The van der Waals surface area contributed by atoms with Crippen molar-refractivity contribution in [1.82, 2.24) is 4.90 Å². The van der Waals surface area contributed by atoms with Gasteiger partial charge in [-0.05, 0) is 30.7 Å². The lowest BCUT2D eigenvalue weighted by Gasteiger charge is -2.19. The van der Waals surface area contributed by atoms with Gasteiger partial charge in [0.15, 0.2) is 0 Å². The van der Waals surface area contributed by atoms with Crippen molar-refractivity contribution in [2.45, 2.75) is 6.92 Å². The maximum absolute atomic E-state index is 12.6. The number of hydrogen-bond acceptors (Lipinski definition) is 5. The molecule has 7 heteroatoms. The van der Waals surface area contributed by atoms with Crippen molar-refractivity contribution in [2.24, 2.45) is 0 Å². The lowest BCUT2D eigenvalue weighted by molar-refractivity contribution is -0.384. The van der Waals surface area contributed by atoms with Crippen LogP contribution in [0.3, 0.4) is 0 Å². The fourth-order valence-corrected chi connectivity index (χ4v) is 2.29. The van der Waals surface area contributed by atoms with Crippen LogP contribution in [-0.4, -0.2) is 43.0 Å². The van der Waals surface area contributed by atoms with Crippen molar-refractivity contribution < 1.29 is 19.2 Å². The molecule has 0 saturated carbocycles. The van der Waals surface area contributed by atoms with Gasteiger partial charge in [-0.25, -0.2) is 0 Å². The molecule has 25 heavy (non-hydrogen) atoms. The number of rotatable bonds is 7. The van der Waals surface area contributed by atoms with Crippen LogP contribution in [0.2, 0.25) is 0 Å². The number of carbonyl (C=O) groups excluding carboxylic acids is 1. The molecule has 0 aromatic heterocycles. The summed E-state index contributed by atoms with van der Waals surface area (Å²) < 4.78 is 10.8. The largest absolute Gasteiger partial charge is 0.496 e. The van der Waals surface area contributed by atoms with Crippen LogP contribution in [-0.2, 0) is 0 Å². The summed E-state index contributed by atoms with van der Waals surface area (Å²) in [4.78, 5) is 24.4. The predicted molar refractivity (Wildman–Crippen MR) is 93.3 cm³/mol. The van der Waals surface area contributed by atoms with Gasteiger partial charge in [0.05, 0.1) is 24.1 Å². The van der Waals surface area contributed by atoms with E-state index < -0.39 is 4.92 Å². The Morgan fingerprint density at radius 1 is 1.24 bits per heavy atom. The number of nitro groups is 1. The van der Waals surface area contributed by atoms with E-state index in [4.69, 9.17) is 9.47 Å². The Bertz CT molecular complexity index is 776. The van der Waals surface area contributed by atoms with Crippen LogP contribution >= 0.6 is 0 Å². The van der Waals surface area contributed by atoms with Crippen LogP contribution in [0.4, 0.5) is 5.69 Å². The second-order valence-corrected chi connectivity index (χ2v) is 5.53. The number of likely N-dealkylation sites (N-methyl/N-ethyl adjacent to an activating group) is 1. The smallest absolute Gasteiger partial charge is 0.270 e. The molecule has 0 aliphatic rings. The van der Waals surface area contributed by atoms with E-state index in [1.165, 1.54) is 30.2 Å². The monoisotopic (exact) mass is 344 g/mol. The van der Waals surface area contributed by atoms with Crippen molar-refractivity contribution >= 4 is 11.6 Å². The highest BCUT2D eigenvalue weighted by Gasteiger charge is 2.20. The van der Waals surface area contributed by atoms with E-state index >= 15 is 0 Å². The van der Waals surface area contributed by atoms with Crippen LogP contribution in [0.15, 0.2) is 42.5 Å². The van der Waals surface area contributed by atoms with Crippen LogP contribution < -0.4 is 9.47 Å². The zero-order valence-corrected chi connectivity index (χ0v) is 14.4. The summed E-state index contributed by atoms with van der Waals surface area (Å²) in [5.74, 6) is 0.657. The van der Waals surface area contributed by atoms with Crippen LogP contribution in [0.25, 0.3) is 0 Å². The summed E-state index contributed by atoms with van der Waals surface area (Å²) in [6.07, 6.45) is 0. The minimum absolute atomic E-state index is 0.148. The first-order chi connectivity index (χ1) is 11.9. The first-order valence-electron chi connectivity index (χ1n) is 7.69. The lowest BCUT2D eigenvalue weighted by Crippen LogP contribution is -2.31. The Balaban J connectivity index is 2.04. The van der Waals surface area contributed by atoms with Gasteiger partial charge in [0, 0.05) is 19.2 Å².